The van der Waals surface area contributed by atoms with Gasteiger partial charge in [0.1, 0.15) is 0 Å². The molecule has 3 aliphatic heterocycles. The number of hydrogen-bond donors (Lipinski definition) is 1. The second kappa shape index (κ2) is 14.7. The number of amides is 2. The summed E-state index contributed by atoms with van der Waals surface area (Å²) in [6.07, 6.45) is 2.84. The van der Waals surface area contributed by atoms with Crippen LogP contribution >= 0.6 is 0 Å². The summed E-state index contributed by atoms with van der Waals surface area (Å²) in [4.78, 5) is 44.4. The first-order chi connectivity index (χ1) is 27.0. The number of aliphatic hydroxyl groups is 1. The van der Waals surface area contributed by atoms with E-state index in [-0.39, 0.29) is 36.7 Å². The smallest absolute Gasteiger partial charge is 0.305 e. The third-order valence-electron chi connectivity index (χ3n) is 11.9. The van der Waals surface area contributed by atoms with Gasteiger partial charge in [-0.25, -0.2) is 0 Å². The Balaban J connectivity index is 1.15. The molecule has 0 radical (unpaired) electrons. The van der Waals surface area contributed by atoms with E-state index in [9.17, 15) is 14.7 Å². The average Bonchev–Trinajstić information content (AvgIpc) is 3.92. The molecule has 1 spiro atoms. The fourth-order valence-corrected chi connectivity index (χ4v) is 11.9. The molecule has 1 aromatic heterocycles. The number of rotatable bonds is 13. The molecule has 4 aromatic carbocycles. The maximum absolute atomic E-state index is 16.7. The van der Waals surface area contributed by atoms with E-state index in [2.05, 4.69) is 10.3 Å². The molecule has 0 aliphatic carbocycles. The number of carbonyl (C=O) groups excluding carboxylic acids is 3. The zero-order valence-electron chi connectivity index (χ0n) is 32.0. The lowest BCUT2D eigenvalue weighted by Gasteiger charge is -2.31. The number of aromatic nitrogens is 3. The lowest BCUT2D eigenvalue weighted by molar-refractivity contribution is -0.146. The molecular formula is C43H46FN5O6Si. The van der Waals surface area contributed by atoms with Gasteiger partial charge in [-0.05, 0) is 73.6 Å². The highest BCUT2D eigenvalue weighted by atomic mass is 28.4. The average molecular weight is 776 g/mol. The molecule has 11 nitrogen and oxygen atoms in total. The predicted molar refractivity (Wildman–Crippen MR) is 213 cm³/mol. The molecule has 3 aliphatic rings. The van der Waals surface area contributed by atoms with Crippen LogP contribution in [-0.4, -0.2) is 72.7 Å². The molecule has 4 heterocycles. The van der Waals surface area contributed by atoms with Crippen LogP contribution in [0, 0.1) is 5.92 Å². The van der Waals surface area contributed by atoms with Crippen LogP contribution in [0.4, 0.5) is 21.2 Å². The third-order valence-corrected chi connectivity index (χ3v) is 14.4. The Hall–Kier alpha value is -5.24. The molecule has 5 atom stereocenters. The number of anilines is 3. The summed E-state index contributed by atoms with van der Waals surface area (Å²) in [6, 6.07) is 26.8. The van der Waals surface area contributed by atoms with E-state index in [0.29, 0.717) is 60.5 Å². The summed E-state index contributed by atoms with van der Waals surface area (Å²) in [6.45, 7) is 5.82. The van der Waals surface area contributed by atoms with Crippen molar-refractivity contribution in [3.63, 3.8) is 0 Å². The van der Waals surface area contributed by atoms with Gasteiger partial charge in [0.2, 0.25) is 8.41 Å². The summed E-state index contributed by atoms with van der Waals surface area (Å²) in [5, 5.41) is 20.8. The molecule has 8 rings (SSSR count). The molecule has 1 unspecified atom stereocenters. The van der Waals surface area contributed by atoms with Crippen molar-refractivity contribution >= 4 is 54.0 Å². The number of ether oxygens (including phenoxy) is 2. The van der Waals surface area contributed by atoms with Gasteiger partial charge in [-0.3, -0.25) is 24.0 Å². The van der Waals surface area contributed by atoms with Crippen LogP contribution in [0.3, 0.4) is 0 Å². The second-order valence-electron chi connectivity index (χ2n) is 15.6. The van der Waals surface area contributed by atoms with Gasteiger partial charge in [0.05, 0.1) is 48.4 Å². The van der Waals surface area contributed by atoms with Crippen LogP contribution < -0.4 is 9.80 Å². The van der Waals surface area contributed by atoms with Crippen LogP contribution in [0.15, 0.2) is 91.1 Å². The Bertz CT molecular complexity index is 2310. The number of hydrogen-bond acceptors (Lipinski definition) is 8. The van der Waals surface area contributed by atoms with Gasteiger partial charge in [0.25, 0.3) is 11.8 Å². The summed E-state index contributed by atoms with van der Waals surface area (Å²) in [5.41, 5.74) is 2.71. The van der Waals surface area contributed by atoms with Crippen molar-refractivity contribution in [2.75, 3.05) is 30.1 Å². The van der Waals surface area contributed by atoms with Gasteiger partial charge < -0.3 is 23.6 Å². The minimum atomic E-state index is -3.48. The SMILES string of the molecule is COC(=O)CCCCN1C(=O)[C@]2(O[C@H](CCn3cc(C(CO)c4ccccc4)nn3)[C@@H]([Si](C)(C)F)[C@@H]2C)c2cc(N3C(=O)c4cccc5cccc3c45)ccc21. The van der Waals surface area contributed by atoms with Crippen LogP contribution in [0.25, 0.3) is 10.8 Å². The summed E-state index contributed by atoms with van der Waals surface area (Å²) >= 11 is 0. The highest BCUT2D eigenvalue weighted by Crippen LogP contribution is 2.61. The fourth-order valence-electron chi connectivity index (χ4n) is 9.38. The number of esters is 1. The number of benzene rings is 4. The Kier molecular flexibility index (Phi) is 9.88. The fraction of sp³-hybridized carbons (Fsp3) is 0.372. The van der Waals surface area contributed by atoms with E-state index in [1.807, 2.05) is 91.9 Å². The normalized spacial score (nSPS) is 22.1. The van der Waals surface area contributed by atoms with Crippen LogP contribution in [0.2, 0.25) is 18.6 Å². The Morgan fingerprint density at radius 1 is 1.00 bits per heavy atom. The number of unbranched alkanes of at least 4 members (excludes halogenated alkanes) is 1. The molecule has 5 aromatic rings. The monoisotopic (exact) mass is 775 g/mol. The molecule has 1 fully saturated rings. The highest BCUT2D eigenvalue weighted by molar-refractivity contribution is 6.72. The lowest BCUT2D eigenvalue weighted by Crippen LogP contribution is -2.45. The number of nitrogens with zero attached hydrogens (tertiary/aromatic N) is 5. The van der Waals surface area contributed by atoms with Gasteiger partial charge in [0, 0.05) is 53.8 Å². The predicted octanol–water partition coefficient (Wildman–Crippen LogP) is 7.40. The minimum Gasteiger partial charge on any atom is -0.469 e. The van der Waals surface area contributed by atoms with Crippen molar-refractivity contribution in [2.45, 2.75) is 75.4 Å². The number of fused-ring (bicyclic) bond motifs is 2. The number of aliphatic hydroxyl groups excluding tert-OH is 1. The van der Waals surface area contributed by atoms with Gasteiger partial charge in [-0.1, -0.05) is 66.7 Å². The van der Waals surface area contributed by atoms with Crippen molar-refractivity contribution in [2.24, 2.45) is 5.92 Å². The molecule has 2 amide bonds. The van der Waals surface area contributed by atoms with Crippen molar-refractivity contribution in [3.8, 4) is 0 Å². The first kappa shape index (κ1) is 37.7. The van der Waals surface area contributed by atoms with Gasteiger partial charge in [-0.2, -0.15) is 0 Å². The van der Waals surface area contributed by atoms with E-state index < -0.39 is 31.6 Å². The number of halogens is 1. The van der Waals surface area contributed by atoms with E-state index >= 15 is 8.90 Å². The Morgan fingerprint density at radius 2 is 1.77 bits per heavy atom. The van der Waals surface area contributed by atoms with Crippen molar-refractivity contribution < 1.29 is 33.1 Å². The van der Waals surface area contributed by atoms with Crippen molar-refractivity contribution in [1.82, 2.24) is 15.0 Å². The Morgan fingerprint density at radius 3 is 2.50 bits per heavy atom. The van der Waals surface area contributed by atoms with Crippen LogP contribution in [0.1, 0.15) is 65.7 Å². The summed E-state index contributed by atoms with van der Waals surface area (Å²) < 4.78 is 30.3. The number of carbonyl (C=O) groups is 3. The van der Waals surface area contributed by atoms with E-state index in [1.165, 1.54) is 7.11 Å². The summed E-state index contributed by atoms with van der Waals surface area (Å²) in [7, 11) is -2.13. The van der Waals surface area contributed by atoms with E-state index in [4.69, 9.17) is 9.47 Å². The number of methoxy groups -OCH3 is 1. The Labute approximate surface area is 326 Å². The van der Waals surface area contributed by atoms with Gasteiger partial charge in [0.15, 0.2) is 5.60 Å². The first-order valence-electron chi connectivity index (χ1n) is 19.3. The third kappa shape index (κ3) is 6.22. The van der Waals surface area contributed by atoms with Crippen molar-refractivity contribution in [3.05, 3.63) is 114 Å². The molecule has 56 heavy (non-hydrogen) atoms. The second-order valence-corrected chi connectivity index (χ2v) is 19.4. The highest BCUT2D eigenvalue weighted by Gasteiger charge is 2.66. The molecular weight excluding hydrogens is 730 g/mol. The maximum Gasteiger partial charge on any atom is 0.305 e. The quantitative estimate of drug-likeness (QED) is 0.0568. The minimum absolute atomic E-state index is 0.134. The molecule has 0 bridgehead atoms. The standard InChI is InChI=1S/C43H46FN5O6Si/c1-27-40(56(3,4)44)37(21-23-47-25-34(45-46-47)32(26-50)28-12-6-5-7-13-28)55-43(27)33-24-30(19-20-35(33)48(42(43)53)22-9-8-18-38(51)54-2)49-36-17-11-15-29-14-10-16-31(39(29)36)41(49)52/h5-7,10-17,19-20,24-25,27,32,37,40,50H,8-9,18,21-23,26H2,1-4H3/t27-,32?,37+,40-,43+/m0/s1. The maximum atomic E-state index is 16.7. The van der Waals surface area contributed by atoms with E-state index in [0.717, 1.165) is 22.0 Å². The molecule has 290 valence electrons. The molecule has 1 N–H and O–H groups in total. The van der Waals surface area contributed by atoms with Crippen LogP contribution in [-0.2, 0) is 31.2 Å². The zero-order chi connectivity index (χ0) is 39.4. The van der Waals surface area contributed by atoms with Gasteiger partial charge >= 0.3 is 5.97 Å². The topological polar surface area (TPSA) is 127 Å². The lowest BCUT2D eigenvalue weighted by atomic mass is 9.82. The summed E-state index contributed by atoms with van der Waals surface area (Å²) in [5.74, 6) is -1.63. The van der Waals surface area contributed by atoms with Crippen molar-refractivity contribution in [1.29, 1.82) is 0 Å². The number of aryl methyl sites for hydroxylation is 1. The first-order valence-corrected chi connectivity index (χ1v) is 22.3. The van der Waals surface area contributed by atoms with Crippen LogP contribution in [0.5, 0.6) is 0 Å². The van der Waals surface area contributed by atoms with E-state index in [1.54, 1.807) is 33.8 Å². The van der Waals surface area contributed by atoms with Gasteiger partial charge in [-0.15, -0.1) is 5.10 Å². The molecule has 13 heteroatoms. The zero-order valence-corrected chi connectivity index (χ0v) is 33.0. The molecule has 0 saturated carbocycles. The largest absolute Gasteiger partial charge is 0.469 e. The molecule has 1 saturated heterocycles.